The number of anilines is 1. The first-order valence-electron chi connectivity index (χ1n) is 5.44. The topological polar surface area (TPSA) is 73.3 Å². The van der Waals surface area contributed by atoms with Gasteiger partial charge >= 0.3 is 5.97 Å². The number of aromatic nitrogens is 2. The summed E-state index contributed by atoms with van der Waals surface area (Å²) in [6, 6.07) is 3.69. The van der Waals surface area contributed by atoms with Gasteiger partial charge in [0.05, 0.1) is 13.2 Å². The number of nitrogens with one attached hydrogen (secondary N) is 1. The van der Waals surface area contributed by atoms with Gasteiger partial charge in [0.25, 0.3) is 0 Å². The SMILES string of the molecule is COC(=O)c1ccc(NC2CC(OC)C2)nn1. The minimum absolute atomic E-state index is 0.210. The van der Waals surface area contributed by atoms with Crippen LogP contribution in [0.25, 0.3) is 0 Å². The van der Waals surface area contributed by atoms with Crippen LogP contribution < -0.4 is 5.32 Å². The second kappa shape index (κ2) is 5.09. The number of rotatable bonds is 4. The molecule has 1 aliphatic rings. The van der Waals surface area contributed by atoms with Crippen molar-refractivity contribution >= 4 is 11.8 Å². The predicted octanol–water partition coefficient (Wildman–Crippen LogP) is 0.852. The Bertz CT molecular complexity index is 387. The van der Waals surface area contributed by atoms with Crippen LogP contribution in [0, 0.1) is 0 Å². The van der Waals surface area contributed by atoms with E-state index in [4.69, 9.17) is 4.74 Å². The molecule has 2 rings (SSSR count). The molecule has 1 saturated carbocycles. The Morgan fingerprint density at radius 3 is 2.65 bits per heavy atom. The fraction of sp³-hybridized carbons (Fsp3) is 0.545. The van der Waals surface area contributed by atoms with Crippen molar-refractivity contribution in [2.24, 2.45) is 0 Å². The highest BCUT2D eigenvalue weighted by Gasteiger charge is 2.29. The summed E-state index contributed by atoms with van der Waals surface area (Å²) >= 11 is 0. The van der Waals surface area contributed by atoms with E-state index < -0.39 is 5.97 Å². The summed E-state index contributed by atoms with van der Waals surface area (Å²) in [4.78, 5) is 11.1. The van der Waals surface area contributed by atoms with Crippen LogP contribution >= 0.6 is 0 Å². The van der Waals surface area contributed by atoms with Gasteiger partial charge in [-0.2, -0.15) is 0 Å². The highest BCUT2D eigenvalue weighted by molar-refractivity contribution is 5.86. The molecule has 1 heterocycles. The lowest BCUT2D eigenvalue weighted by molar-refractivity contribution is 0.0327. The van der Waals surface area contributed by atoms with Crippen molar-refractivity contribution in [1.82, 2.24) is 10.2 Å². The van der Waals surface area contributed by atoms with Crippen molar-refractivity contribution in [2.75, 3.05) is 19.5 Å². The van der Waals surface area contributed by atoms with Crippen LogP contribution in [0.5, 0.6) is 0 Å². The van der Waals surface area contributed by atoms with E-state index in [0.29, 0.717) is 18.0 Å². The van der Waals surface area contributed by atoms with E-state index in [-0.39, 0.29) is 5.69 Å². The molecule has 17 heavy (non-hydrogen) atoms. The van der Waals surface area contributed by atoms with Crippen molar-refractivity contribution in [3.63, 3.8) is 0 Å². The van der Waals surface area contributed by atoms with E-state index in [9.17, 15) is 4.79 Å². The molecule has 1 fully saturated rings. The molecular formula is C11H15N3O3. The van der Waals surface area contributed by atoms with Crippen LogP contribution in [0.1, 0.15) is 23.3 Å². The second-order valence-corrected chi connectivity index (χ2v) is 3.97. The van der Waals surface area contributed by atoms with E-state index in [2.05, 4.69) is 20.3 Å². The molecule has 0 unspecified atom stereocenters. The zero-order chi connectivity index (χ0) is 12.3. The van der Waals surface area contributed by atoms with Crippen LogP contribution in [0.4, 0.5) is 5.82 Å². The summed E-state index contributed by atoms with van der Waals surface area (Å²) in [7, 11) is 3.03. The minimum Gasteiger partial charge on any atom is -0.464 e. The molecular weight excluding hydrogens is 222 g/mol. The zero-order valence-corrected chi connectivity index (χ0v) is 9.84. The maximum absolute atomic E-state index is 11.1. The van der Waals surface area contributed by atoms with Gasteiger partial charge in [-0.1, -0.05) is 0 Å². The number of nitrogens with zero attached hydrogens (tertiary/aromatic N) is 2. The molecule has 6 nitrogen and oxygen atoms in total. The smallest absolute Gasteiger partial charge is 0.358 e. The summed E-state index contributed by atoms with van der Waals surface area (Å²) in [5, 5.41) is 10.9. The van der Waals surface area contributed by atoms with Gasteiger partial charge in [-0.05, 0) is 25.0 Å². The Hall–Kier alpha value is -1.69. The third-order valence-electron chi connectivity index (χ3n) is 2.84. The van der Waals surface area contributed by atoms with Crippen molar-refractivity contribution in [2.45, 2.75) is 25.0 Å². The molecule has 0 amide bonds. The number of hydrogen-bond acceptors (Lipinski definition) is 6. The Morgan fingerprint density at radius 2 is 2.12 bits per heavy atom. The average molecular weight is 237 g/mol. The van der Waals surface area contributed by atoms with Crippen LogP contribution in [-0.2, 0) is 9.47 Å². The Balaban J connectivity index is 1.88. The van der Waals surface area contributed by atoms with Crippen molar-refractivity contribution in [3.8, 4) is 0 Å². The van der Waals surface area contributed by atoms with Gasteiger partial charge in [0.15, 0.2) is 5.69 Å². The molecule has 1 aromatic heterocycles. The molecule has 0 spiro atoms. The van der Waals surface area contributed by atoms with Gasteiger partial charge in [0.1, 0.15) is 5.82 Å². The largest absolute Gasteiger partial charge is 0.464 e. The molecule has 0 radical (unpaired) electrons. The van der Waals surface area contributed by atoms with Crippen LogP contribution in [0.3, 0.4) is 0 Å². The van der Waals surface area contributed by atoms with Gasteiger partial charge in [-0.25, -0.2) is 4.79 Å². The van der Waals surface area contributed by atoms with E-state index in [1.807, 2.05) is 0 Å². The third kappa shape index (κ3) is 2.71. The third-order valence-corrected chi connectivity index (χ3v) is 2.84. The molecule has 1 aromatic rings. The standard InChI is InChI=1S/C11H15N3O3/c1-16-8-5-7(6-8)12-10-4-3-9(13-14-10)11(15)17-2/h3-4,7-8H,5-6H2,1-2H3,(H,12,14). The number of carbonyl (C=O) groups excluding carboxylic acids is 1. The highest BCUT2D eigenvalue weighted by atomic mass is 16.5. The van der Waals surface area contributed by atoms with Crippen LogP contribution in [0.15, 0.2) is 12.1 Å². The monoisotopic (exact) mass is 237 g/mol. The van der Waals surface area contributed by atoms with Gasteiger partial charge in [-0.15, -0.1) is 10.2 Å². The van der Waals surface area contributed by atoms with Gasteiger partial charge in [0.2, 0.25) is 0 Å². The van der Waals surface area contributed by atoms with Crippen molar-refractivity contribution in [1.29, 1.82) is 0 Å². The number of ether oxygens (including phenoxy) is 2. The first-order valence-corrected chi connectivity index (χ1v) is 5.44. The van der Waals surface area contributed by atoms with Crippen LogP contribution in [0.2, 0.25) is 0 Å². The molecule has 0 aromatic carbocycles. The molecule has 0 aliphatic heterocycles. The molecule has 1 N–H and O–H groups in total. The maximum atomic E-state index is 11.1. The quantitative estimate of drug-likeness (QED) is 0.783. The Morgan fingerprint density at radius 1 is 1.35 bits per heavy atom. The number of hydrogen-bond donors (Lipinski definition) is 1. The molecule has 6 heteroatoms. The minimum atomic E-state index is -0.479. The molecule has 0 saturated heterocycles. The van der Waals surface area contributed by atoms with E-state index >= 15 is 0 Å². The zero-order valence-electron chi connectivity index (χ0n) is 9.84. The predicted molar refractivity (Wildman–Crippen MR) is 60.8 cm³/mol. The van der Waals surface area contributed by atoms with Crippen molar-refractivity contribution in [3.05, 3.63) is 17.8 Å². The van der Waals surface area contributed by atoms with Gasteiger partial charge < -0.3 is 14.8 Å². The fourth-order valence-electron chi connectivity index (χ4n) is 1.71. The van der Waals surface area contributed by atoms with Crippen LogP contribution in [-0.4, -0.2) is 42.5 Å². The van der Waals surface area contributed by atoms with E-state index in [0.717, 1.165) is 12.8 Å². The molecule has 0 atom stereocenters. The molecule has 0 bridgehead atoms. The summed E-state index contributed by atoms with van der Waals surface area (Å²) in [6.07, 6.45) is 2.28. The number of carbonyl (C=O) groups is 1. The Kier molecular flexibility index (Phi) is 3.53. The normalized spacial score (nSPS) is 22.7. The van der Waals surface area contributed by atoms with Crippen molar-refractivity contribution < 1.29 is 14.3 Å². The summed E-state index contributed by atoms with van der Waals surface area (Å²) in [5.74, 6) is 0.185. The summed E-state index contributed by atoms with van der Waals surface area (Å²) in [6.45, 7) is 0. The highest BCUT2D eigenvalue weighted by Crippen LogP contribution is 2.25. The van der Waals surface area contributed by atoms with E-state index in [1.54, 1.807) is 19.2 Å². The number of methoxy groups -OCH3 is 2. The van der Waals surface area contributed by atoms with E-state index in [1.165, 1.54) is 7.11 Å². The molecule has 1 aliphatic carbocycles. The molecule has 92 valence electrons. The van der Waals surface area contributed by atoms with Gasteiger partial charge in [0, 0.05) is 13.2 Å². The first kappa shape index (κ1) is 11.8. The fourth-order valence-corrected chi connectivity index (χ4v) is 1.71. The van der Waals surface area contributed by atoms with Gasteiger partial charge in [-0.3, -0.25) is 0 Å². The number of esters is 1. The Labute approximate surface area is 99.3 Å². The first-order chi connectivity index (χ1) is 8.22. The second-order valence-electron chi connectivity index (χ2n) is 3.97. The lowest BCUT2D eigenvalue weighted by Gasteiger charge is -2.34. The summed E-state index contributed by atoms with van der Waals surface area (Å²) in [5.41, 5.74) is 0.210. The maximum Gasteiger partial charge on any atom is 0.358 e. The lowest BCUT2D eigenvalue weighted by Crippen LogP contribution is -2.40. The average Bonchev–Trinajstić information content (AvgIpc) is 2.33. The summed E-state index contributed by atoms with van der Waals surface area (Å²) < 4.78 is 9.72. The lowest BCUT2D eigenvalue weighted by atomic mass is 9.89.